The molecule has 0 radical (unpaired) electrons. The zero-order chi connectivity index (χ0) is 24.0. The Hall–Kier alpha value is -1.88. The van der Waals surface area contributed by atoms with Crippen molar-refractivity contribution in [1.29, 1.82) is 0 Å². The summed E-state index contributed by atoms with van der Waals surface area (Å²) in [6.07, 6.45) is 22.5. The van der Waals surface area contributed by atoms with E-state index < -0.39 is 0 Å². The summed E-state index contributed by atoms with van der Waals surface area (Å²) in [6, 6.07) is 0.136. The maximum atomic E-state index is 12.3. The van der Waals surface area contributed by atoms with E-state index in [1.807, 2.05) is 11.8 Å². The summed E-state index contributed by atoms with van der Waals surface area (Å²) < 4.78 is 0. The van der Waals surface area contributed by atoms with E-state index in [4.69, 9.17) is 5.11 Å². The lowest BCUT2D eigenvalue weighted by Crippen LogP contribution is -2.37. The number of allylic oxidation sites excluding steroid dienone is 5. The van der Waals surface area contributed by atoms with Crippen molar-refractivity contribution >= 4 is 11.8 Å². The lowest BCUT2D eigenvalue weighted by Gasteiger charge is -2.26. The molecule has 0 aliphatic carbocycles. The third-order valence-electron chi connectivity index (χ3n) is 5.37. The Kier molecular flexibility index (Phi) is 19.8. The quantitative estimate of drug-likeness (QED) is 0.197. The number of carbonyl (C=O) groups is 2. The monoisotopic (exact) mass is 448 g/mol. The number of amides is 2. The average Bonchev–Trinajstić information content (AvgIpc) is 2.77. The number of aliphatic hydroxyl groups excluding tert-OH is 1. The van der Waals surface area contributed by atoms with Crippen LogP contribution in [0.4, 0.5) is 0 Å². The second kappa shape index (κ2) is 21.0. The highest BCUT2D eigenvalue weighted by molar-refractivity contribution is 5.76. The van der Waals surface area contributed by atoms with E-state index in [1.54, 1.807) is 0 Å². The highest BCUT2D eigenvalue weighted by Gasteiger charge is 2.15. The number of hydrogen-bond acceptors (Lipinski definition) is 3. The first-order valence-electron chi connectivity index (χ1n) is 12.6. The van der Waals surface area contributed by atoms with Crippen LogP contribution in [0.3, 0.4) is 0 Å². The van der Waals surface area contributed by atoms with Gasteiger partial charge in [0, 0.05) is 25.4 Å². The maximum absolute atomic E-state index is 12.3. The standard InChI is InChI=1S/C27H48N2O3/c1-5-7-17-21-27(32)29(24(3)4)22-19-16-14-12-10-8-9-11-13-15-18-20-26(31)28-25(6-2)23-30/h8,10-11,13-14,16,24-25,30H,5-7,9,12,15,17-23H2,1-4H3,(H,28,31)/b10-8-,13-11-,16-14-. The molecule has 2 N–H and O–H groups in total. The van der Waals surface area contributed by atoms with Crippen molar-refractivity contribution in [3.8, 4) is 0 Å². The van der Waals surface area contributed by atoms with Crippen molar-refractivity contribution in [1.82, 2.24) is 10.2 Å². The summed E-state index contributed by atoms with van der Waals surface area (Å²) in [6.45, 7) is 9.08. The van der Waals surface area contributed by atoms with Crippen molar-refractivity contribution in [3.63, 3.8) is 0 Å². The van der Waals surface area contributed by atoms with E-state index in [1.165, 1.54) is 0 Å². The number of nitrogens with zero attached hydrogens (tertiary/aromatic N) is 1. The van der Waals surface area contributed by atoms with Crippen molar-refractivity contribution in [2.24, 2.45) is 0 Å². The molecule has 0 bridgehead atoms. The minimum atomic E-state index is -0.121. The molecule has 0 saturated carbocycles. The fourth-order valence-corrected chi connectivity index (χ4v) is 3.29. The minimum Gasteiger partial charge on any atom is -0.394 e. The molecular formula is C27H48N2O3. The molecule has 0 aliphatic heterocycles. The zero-order valence-electron chi connectivity index (χ0n) is 21.0. The summed E-state index contributed by atoms with van der Waals surface area (Å²) in [5.41, 5.74) is 0. The van der Waals surface area contributed by atoms with Gasteiger partial charge in [0.15, 0.2) is 0 Å². The first-order valence-corrected chi connectivity index (χ1v) is 12.6. The topological polar surface area (TPSA) is 69.6 Å². The molecule has 0 fully saturated rings. The highest BCUT2D eigenvalue weighted by Crippen LogP contribution is 2.08. The van der Waals surface area contributed by atoms with E-state index in [-0.39, 0.29) is 30.5 Å². The van der Waals surface area contributed by atoms with Crippen LogP contribution in [-0.4, -0.2) is 47.1 Å². The first kappa shape index (κ1) is 30.1. The summed E-state index contributed by atoms with van der Waals surface area (Å²) >= 11 is 0. The van der Waals surface area contributed by atoms with E-state index in [0.29, 0.717) is 12.8 Å². The van der Waals surface area contributed by atoms with Gasteiger partial charge < -0.3 is 15.3 Å². The van der Waals surface area contributed by atoms with Crippen LogP contribution in [0.5, 0.6) is 0 Å². The molecule has 0 rings (SSSR count). The predicted molar refractivity (Wildman–Crippen MR) is 135 cm³/mol. The molecule has 0 aromatic heterocycles. The molecule has 0 saturated heterocycles. The lowest BCUT2D eigenvalue weighted by molar-refractivity contribution is -0.133. The number of rotatable bonds is 19. The van der Waals surface area contributed by atoms with Gasteiger partial charge in [-0.15, -0.1) is 0 Å². The predicted octanol–water partition coefficient (Wildman–Crippen LogP) is 5.70. The van der Waals surface area contributed by atoms with Gasteiger partial charge in [0.05, 0.1) is 12.6 Å². The summed E-state index contributed by atoms with van der Waals surface area (Å²) in [4.78, 5) is 26.1. The van der Waals surface area contributed by atoms with Gasteiger partial charge in [0.25, 0.3) is 0 Å². The van der Waals surface area contributed by atoms with Crippen LogP contribution in [0.15, 0.2) is 36.5 Å². The van der Waals surface area contributed by atoms with Crippen LogP contribution < -0.4 is 5.32 Å². The Bertz CT molecular complexity index is 563. The number of unbranched alkanes of at least 4 members (excludes halogenated alkanes) is 3. The largest absolute Gasteiger partial charge is 0.394 e. The van der Waals surface area contributed by atoms with E-state index in [2.05, 4.69) is 62.5 Å². The zero-order valence-corrected chi connectivity index (χ0v) is 21.0. The summed E-state index contributed by atoms with van der Waals surface area (Å²) in [5, 5.41) is 11.9. The van der Waals surface area contributed by atoms with E-state index >= 15 is 0 Å². The molecule has 2 amide bonds. The third-order valence-corrected chi connectivity index (χ3v) is 5.37. The Morgan fingerprint density at radius 1 is 0.875 bits per heavy atom. The van der Waals surface area contributed by atoms with E-state index in [0.717, 1.165) is 64.3 Å². The van der Waals surface area contributed by atoms with Crippen LogP contribution >= 0.6 is 0 Å². The maximum Gasteiger partial charge on any atom is 0.222 e. The van der Waals surface area contributed by atoms with Crippen molar-refractivity contribution < 1.29 is 14.7 Å². The van der Waals surface area contributed by atoms with Crippen LogP contribution in [0.25, 0.3) is 0 Å². The molecule has 184 valence electrons. The minimum absolute atomic E-state index is 0.00114. The smallest absolute Gasteiger partial charge is 0.222 e. The van der Waals surface area contributed by atoms with Crippen LogP contribution in [0, 0.1) is 0 Å². The Labute approximate surface area is 197 Å². The molecular weight excluding hydrogens is 400 g/mol. The van der Waals surface area contributed by atoms with Gasteiger partial charge in [-0.1, -0.05) is 63.1 Å². The van der Waals surface area contributed by atoms with Gasteiger partial charge in [-0.25, -0.2) is 0 Å². The molecule has 5 nitrogen and oxygen atoms in total. The Balaban J connectivity index is 3.88. The number of aliphatic hydroxyl groups is 1. The number of nitrogens with one attached hydrogen (secondary N) is 1. The van der Waals surface area contributed by atoms with Gasteiger partial charge in [0.1, 0.15) is 0 Å². The van der Waals surface area contributed by atoms with Gasteiger partial charge >= 0.3 is 0 Å². The molecule has 5 heteroatoms. The molecule has 1 unspecified atom stereocenters. The van der Waals surface area contributed by atoms with Gasteiger partial charge in [-0.05, 0) is 58.8 Å². The van der Waals surface area contributed by atoms with Gasteiger partial charge in [-0.3, -0.25) is 9.59 Å². The fraction of sp³-hybridized carbons (Fsp3) is 0.704. The van der Waals surface area contributed by atoms with Crippen molar-refractivity contribution in [2.45, 2.75) is 110 Å². The molecule has 0 aromatic carbocycles. The second-order valence-corrected chi connectivity index (χ2v) is 8.56. The lowest BCUT2D eigenvalue weighted by atomic mass is 10.1. The normalized spacial score (nSPS) is 12.9. The summed E-state index contributed by atoms with van der Waals surface area (Å²) in [5.74, 6) is 0.299. The van der Waals surface area contributed by atoms with Crippen LogP contribution in [0.1, 0.15) is 98.3 Å². The average molecular weight is 449 g/mol. The molecule has 32 heavy (non-hydrogen) atoms. The third kappa shape index (κ3) is 16.8. The van der Waals surface area contributed by atoms with Gasteiger partial charge in [-0.2, -0.15) is 0 Å². The van der Waals surface area contributed by atoms with Crippen LogP contribution in [0.2, 0.25) is 0 Å². The van der Waals surface area contributed by atoms with Crippen LogP contribution in [-0.2, 0) is 9.59 Å². The first-order chi connectivity index (χ1) is 15.5. The number of hydrogen-bond donors (Lipinski definition) is 2. The molecule has 1 atom stereocenters. The summed E-state index contributed by atoms with van der Waals surface area (Å²) in [7, 11) is 0. The Morgan fingerprint density at radius 3 is 2.06 bits per heavy atom. The molecule has 0 aliphatic rings. The Morgan fingerprint density at radius 2 is 1.50 bits per heavy atom. The van der Waals surface area contributed by atoms with E-state index in [9.17, 15) is 9.59 Å². The van der Waals surface area contributed by atoms with Crippen molar-refractivity contribution in [2.75, 3.05) is 13.2 Å². The highest BCUT2D eigenvalue weighted by atomic mass is 16.3. The number of carbonyl (C=O) groups excluding carboxylic acids is 2. The molecule has 0 aromatic rings. The van der Waals surface area contributed by atoms with Gasteiger partial charge in [0.2, 0.25) is 11.8 Å². The second-order valence-electron chi connectivity index (χ2n) is 8.56. The fourth-order valence-electron chi connectivity index (χ4n) is 3.29. The molecule has 0 spiro atoms. The molecule has 0 heterocycles. The SMILES string of the molecule is CCCCCC(=O)N(CC/C=C\C/C=C\C/C=C\CCCC(=O)NC(CC)CO)C(C)C. The van der Waals surface area contributed by atoms with Crippen molar-refractivity contribution in [3.05, 3.63) is 36.5 Å².